The number of hydrogen-bond donors (Lipinski definition) is 1. The number of rotatable bonds is 12. The van der Waals surface area contributed by atoms with E-state index in [1.54, 1.807) is 85.6 Å². The first-order chi connectivity index (χ1) is 51.6. The number of methoxy groups -OCH3 is 1. The Morgan fingerprint density at radius 1 is 0.366 bits per heavy atom. The van der Waals surface area contributed by atoms with Crippen LogP contribution in [0.4, 0.5) is 62.3 Å². The van der Waals surface area contributed by atoms with Gasteiger partial charge < -0.3 is 49.5 Å². The molecule has 11 nitrogen and oxygen atoms in total. The van der Waals surface area contributed by atoms with Crippen molar-refractivity contribution in [1.82, 2.24) is 29.9 Å². The number of allylic oxidation sites excluding steroid dienone is 2. The number of carbonyl (C=O) groups excluding carboxylic acids is 1. The van der Waals surface area contributed by atoms with Crippen LogP contribution in [0.25, 0.3) is 67.5 Å². The molecule has 6 heterocycles. The van der Waals surface area contributed by atoms with Gasteiger partial charge in [0.05, 0.1) is 12.9 Å². The van der Waals surface area contributed by atoms with E-state index in [1.807, 2.05) is 111 Å². The Hall–Kier alpha value is -10.1. The fourth-order valence-electron chi connectivity index (χ4n) is 9.45. The standard InChI is InChI=1S/C23H16FN2.C13H12FN2.C12H8F2NO.C12H8F2N.C11H6F2N.C11H7FN.C5H8O2.5Ir/c24-19-13-11-18(12-14-19)23-17-22(15-16-25-23)26(20-7-3-1-4-8-20)21-9-5-2-6-10-21;1-16(2)12-7-8-15-13(9-12)10-3-5-11(14)6-4-10;1-16-9-4-5-15-12(7-9)10-3-2-8(13)6-11(10)14;1-8-4-5-15-12(6-8)10-3-2-9(13)7-11(10)14;12-8-4-5-9(10(13)7-8)11-3-1-2-6-14-11;12-10-6-4-9(5-7-10)11-3-1-2-8-13-11;1-4(6)3-5(2)7;;;;;/h1-11,13-17H;3,5-9H,1-2H3;2,4-7H,1H3;2,4-7H,1H3;1-4,6-7H;1-4,6-8H;3,6H,1-2H3;;;;;/q6*-1;;;;;;. The average molecular weight is 2400 g/mol. The number of aromatic nitrogens is 6. The normalized spacial score (nSPS) is 9.87. The number of anilines is 4. The molecule has 6 aromatic heterocycles. The Balaban J connectivity index is 0.000000344. The van der Waals surface area contributed by atoms with Crippen LogP contribution in [-0.4, -0.2) is 62.0 Å². The summed E-state index contributed by atoms with van der Waals surface area (Å²) < 4.78 is 121. The number of benzene rings is 8. The van der Waals surface area contributed by atoms with Gasteiger partial charge in [-0.15, -0.1) is 126 Å². The molecule has 585 valence electrons. The number of aliphatic hydroxyl groups is 1. The molecule has 14 aromatic rings. The van der Waals surface area contributed by atoms with Crippen molar-refractivity contribution in [2.75, 3.05) is 31.0 Å². The van der Waals surface area contributed by atoms with Crippen LogP contribution in [0.15, 0.2) is 286 Å². The van der Waals surface area contributed by atoms with E-state index >= 15 is 0 Å². The number of ketones is 1. The van der Waals surface area contributed by atoms with E-state index in [4.69, 9.17) is 9.84 Å². The number of aryl methyl sites for hydroxylation is 1. The van der Waals surface area contributed by atoms with Gasteiger partial charge in [-0.2, -0.15) is 0 Å². The molecule has 14 rings (SSSR count). The molecule has 5 radical (unpaired) electrons. The van der Waals surface area contributed by atoms with Crippen LogP contribution in [0.2, 0.25) is 0 Å². The summed E-state index contributed by atoms with van der Waals surface area (Å²) >= 11 is 0. The second-order valence-corrected chi connectivity index (χ2v) is 22.7. The van der Waals surface area contributed by atoms with Crippen LogP contribution < -0.4 is 14.5 Å². The van der Waals surface area contributed by atoms with Crippen LogP contribution in [0.1, 0.15) is 19.4 Å². The monoisotopic (exact) mass is 2410 g/mol. The topological polar surface area (TPSA) is 130 Å². The van der Waals surface area contributed by atoms with Gasteiger partial charge in [0.15, 0.2) is 5.78 Å². The molecule has 0 unspecified atom stereocenters. The zero-order valence-electron chi connectivity index (χ0n) is 60.0. The third-order valence-corrected chi connectivity index (χ3v) is 14.4. The van der Waals surface area contributed by atoms with Crippen molar-refractivity contribution < 1.29 is 155 Å². The number of hydrogen-bond acceptors (Lipinski definition) is 11. The van der Waals surface area contributed by atoms with E-state index in [-0.39, 0.29) is 146 Å². The smallest absolute Gasteiger partial charge is 0.155 e. The predicted octanol–water partition coefficient (Wildman–Crippen LogP) is 21.4. The summed E-state index contributed by atoms with van der Waals surface area (Å²) in [6, 6.07) is 80.7. The van der Waals surface area contributed by atoms with Crippen LogP contribution in [0.5, 0.6) is 5.75 Å². The number of nitrogens with zero attached hydrogens (tertiary/aromatic N) is 8. The van der Waals surface area contributed by atoms with Gasteiger partial charge in [-0.25, -0.2) is 0 Å². The molecule has 0 atom stereocenters. The molecule has 0 saturated heterocycles. The summed E-state index contributed by atoms with van der Waals surface area (Å²) in [4.78, 5) is 38.9. The second kappa shape index (κ2) is 50.0. The van der Waals surface area contributed by atoms with E-state index in [2.05, 4.69) is 95.5 Å². The van der Waals surface area contributed by atoms with Crippen LogP contribution >= 0.6 is 0 Å². The zero-order chi connectivity index (χ0) is 76.6. The molecule has 0 bridgehead atoms. The van der Waals surface area contributed by atoms with Gasteiger partial charge in [0, 0.05) is 233 Å². The van der Waals surface area contributed by atoms with Crippen molar-refractivity contribution in [3.05, 3.63) is 380 Å². The average Bonchev–Trinajstić information content (AvgIpc) is 0.803. The maximum atomic E-state index is 13.4. The molecule has 1 N–H and O–H groups in total. The summed E-state index contributed by atoms with van der Waals surface area (Å²) in [5.74, 6) is -4.30. The van der Waals surface area contributed by atoms with Crippen molar-refractivity contribution in [2.45, 2.75) is 20.8 Å². The Morgan fingerprint density at radius 3 is 1.09 bits per heavy atom. The molecule has 0 amide bonds. The second-order valence-electron chi connectivity index (χ2n) is 22.7. The fourth-order valence-corrected chi connectivity index (χ4v) is 9.45. The molecule has 0 aliphatic heterocycles. The van der Waals surface area contributed by atoms with Crippen molar-refractivity contribution in [1.29, 1.82) is 0 Å². The van der Waals surface area contributed by atoms with E-state index < -0.39 is 34.9 Å². The van der Waals surface area contributed by atoms with E-state index in [0.29, 0.717) is 22.8 Å². The minimum absolute atomic E-state index is 0. The fraction of sp³-hybridized carbons (Fsp3) is 0.0690. The van der Waals surface area contributed by atoms with Gasteiger partial charge in [-0.05, 0) is 122 Å². The molecule has 112 heavy (non-hydrogen) atoms. The number of ether oxygens (including phenoxy) is 1. The van der Waals surface area contributed by atoms with Crippen molar-refractivity contribution in [3.63, 3.8) is 0 Å². The SMILES string of the molecule is CC(=O)C=C(C)O.CN(C)c1ccnc(-c2[c-]cc(F)cc2)c1.COc1ccnc(-c2[c-]cc(F)cc2F)c1.Cc1ccnc(-c2[c-]cc(F)cc2F)c1.Fc1c[c-]c(-c2cc(N(c3ccccc3)c3ccccc3)ccn2)cc1.Fc1c[c-]c(-c2ccccn2)c(F)c1.Fc1c[c-]c(-c2ccccn2)cc1.[Ir].[Ir].[Ir].[Ir].[Ir]. The summed E-state index contributed by atoms with van der Waals surface area (Å²) in [7, 11) is 5.44. The summed E-state index contributed by atoms with van der Waals surface area (Å²) in [5.41, 5.74) is 11.6. The van der Waals surface area contributed by atoms with E-state index in [0.717, 1.165) is 98.5 Å². The summed E-state index contributed by atoms with van der Waals surface area (Å²) in [6.45, 7) is 4.73. The summed E-state index contributed by atoms with van der Waals surface area (Å²) in [5, 5.41) is 8.36. The number of aliphatic hydroxyl groups excluding tert-OH is 1. The number of pyridine rings is 6. The van der Waals surface area contributed by atoms with Gasteiger partial charge in [0.25, 0.3) is 0 Å². The quantitative estimate of drug-likeness (QED) is 0.0543. The van der Waals surface area contributed by atoms with Gasteiger partial charge in [-0.1, -0.05) is 119 Å². The molecule has 0 saturated carbocycles. The maximum Gasteiger partial charge on any atom is 0.155 e. The minimum atomic E-state index is -0.694. The Bertz CT molecular complexity index is 5120. The van der Waals surface area contributed by atoms with Crippen molar-refractivity contribution >= 4 is 28.5 Å². The van der Waals surface area contributed by atoms with E-state index in [1.165, 1.54) is 69.6 Å². The van der Waals surface area contributed by atoms with Gasteiger partial charge >= 0.3 is 0 Å². The van der Waals surface area contributed by atoms with Gasteiger partial charge in [0.1, 0.15) is 5.75 Å². The first-order valence-corrected chi connectivity index (χ1v) is 32.4. The van der Waals surface area contributed by atoms with Gasteiger partial charge in [0.2, 0.25) is 0 Å². The first kappa shape index (κ1) is 96.1. The first-order valence-electron chi connectivity index (χ1n) is 32.4. The molecule has 25 heteroatoms. The Kier molecular flexibility index (Phi) is 42.9. The van der Waals surface area contributed by atoms with Crippen LogP contribution in [0, 0.1) is 95.7 Å². The molecule has 0 aliphatic carbocycles. The summed E-state index contributed by atoms with van der Waals surface area (Å²) in [6.07, 6.45) is 11.0. The zero-order valence-corrected chi connectivity index (χ0v) is 71.9. The molecule has 0 spiro atoms. The van der Waals surface area contributed by atoms with Crippen LogP contribution in [-0.2, 0) is 105 Å². The molecular formula is C87H65F9Ir5N8O3-6. The largest absolute Gasteiger partial charge is 0.512 e. The van der Waals surface area contributed by atoms with Crippen molar-refractivity contribution in [2.24, 2.45) is 0 Å². The molecular weight excluding hydrogens is 2340 g/mol. The number of carbonyl (C=O) groups is 1. The predicted molar refractivity (Wildman–Crippen MR) is 398 cm³/mol. The number of para-hydroxylation sites is 2. The molecule has 0 aliphatic rings. The van der Waals surface area contributed by atoms with Gasteiger partial charge in [-0.3, -0.25) is 44.3 Å². The molecule has 8 aromatic carbocycles. The van der Waals surface area contributed by atoms with Crippen LogP contribution in [0.3, 0.4) is 0 Å². The number of halogens is 9. The van der Waals surface area contributed by atoms with Crippen molar-refractivity contribution in [3.8, 4) is 73.3 Å². The maximum absolute atomic E-state index is 13.4. The third-order valence-electron chi connectivity index (χ3n) is 14.4. The molecule has 0 fully saturated rings. The minimum Gasteiger partial charge on any atom is -0.512 e. The third kappa shape index (κ3) is 31.2. The Labute approximate surface area is 712 Å². The van der Waals surface area contributed by atoms with E-state index in [9.17, 15) is 44.3 Å². The Morgan fingerprint density at radius 2 is 0.723 bits per heavy atom.